The van der Waals surface area contributed by atoms with Crippen molar-refractivity contribution in [3.63, 3.8) is 0 Å². The molecule has 172 valence electrons. The van der Waals surface area contributed by atoms with Gasteiger partial charge in [0.2, 0.25) is 0 Å². The first-order valence-corrected chi connectivity index (χ1v) is 12.8. The maximum atomic E-state index is 12.4. The Hall–Kier alpha value is -2.47. The quantitative estimate of drug-likeness (QED) is 0.511. The summed E-state index contributed by atoms with van der Waals surface area (Å²) in [5.74, 6) is 2.49. The van der Waals surface area contributed by atoms with Gasteiger partial charge in [0.15, 0.2) is 0 Å². The minimum absolute atomic E-state index is 0.110. The topological polar surface area (TPSA) is 41.9 Å². The van der Waals surface area contributed by atoms with Crippen LogP contribution in [0, 0.1) is 0 Å². The molecule has 1 saturated heterocycles. The first-order valence-electron chi connectivity index (χ1n) is 11.7. The molecule has 1 N–H and O–H groups in total. The zero-order chi connectivity index (χ0) is 22.7. The SMILES string of the molecule is COc1ccc2c(c1)CSC(c1ccccc1)C2(O)c1ccc(OCCN2CCCC2)cc1. The normalized spacial score (nSPS) is 22.7. The number of thioether (sulfide) groups is 1. The molecule has 3 aromatic rings. The molecule has 1 fully saturated rings. The lowest BCUT2D eigenvalue weighted by molar-refractivity contribution is 0.0751. The molecule has 0 amide bonds. The summed E-state index contributed by atoms with van der Waals surface area (Å²) in [7, 11) is 1.68. The zero-order valence-electron chi connectivity index (χ0n) is 19.1. The van der Waals surface area contributed by atoms with Crippen molar-refractivity contribution in [3.05, 3.63) is 95.1 Å². The number of methoxy groups -OCH3 is 1. The molecule has 0 radical (unpaired) electrons. The van der Waals surface area contributed by atoms with E-state index < -0.39 is 5.60 Å². The van der Waals surface area contributed by atoms with Gasteiger partial charge in [-0.2, -0.15) is 0 Å². The third-order valence-electron chi connectivity index (χ3n) is 6.78. The van der Waals surface area contributed by atoms with Gasteiger partial charge in [-0.15, -0.1) is 11.8 Å². The fourth-order valence-corrected chi connectivity index (χ4v) is 6.44. The largest absolute Gasteiger partial charge is 0.497 e. The molecule has 0 aliphatic carbocycles. The number of benzene rings is 3. The van der Waals surface area contributed by atoms with Crippen molar-refractivity contribution in [3.8, 4) is 11.5 Å². The highest BCUT2D eigenvalue weighted by Gasteiger charge is 2.45. The third-order valence-corrected chi connectivity index (χ3v) is 8.20. The summed E-state index contributed by atoms with van der Waals surface area (Å²) in [4.78, 5) is 2.45. The summed E-state index contributed by atoms with van der Waals surface area (Å²) in [6, 6.07) is 24.3. The van der Waals surface area contributed by atoms with Crippen molar-refractivity contribution >= 4 is 11.8 Å². The van der Waals surface area contributed by atoms with Crippen molar-refractivity contribution in [1.29, 1.82) is 0 Å². The van der Waals surface area contributed by atoms with Crippen LogP contribution < -0.4 is 9.47 Å². The van der Waals surface area contributed by atoms with Gasteiger partial charge in [0.1, 0.15) is 23.7 Å². The Kier molecular flexibility index (Phi) is 6.63. The number of hydrogen-bond acceptors (Lipinski definition) is 5. The number of likely N-dealkylation sites (tertiary alicyclic amines) is 1. The summed E-state index contributed by atoms with van der Waals surface area (Å²) >= 11 is 1.77. The van der Waals surface area contributed by atoms with Gasteiger partial charge in [0.25, 0.3) is 0 Å². The summed E-state index contributed by atoms with van der Waals surface area (Å²) in [6.45, 7) is 4.01. The molecule has 2 aliphatic heterocycles. The monoisotopic (exact) mass is 461 g/mol. The van der Waals surface area contributed by atoms with Crippen LogP contribution in [0.4, 0.5) is 0 Å². The molecule has 4 nitrogen and oxygen atoms in total. The highest BCUT2D eigenvalue weighted by molar-refractivity contribution is 7.98. The van der Waals surface area contributed by atoms with Gasteiger partial charge in [-0.3, -0.25) is 4.90 Å². The van der Waals surface area contributed by atoms with E-state index in [9.17, 15) is 5.11 Å². The summed E-state index contributed by atoms with van der Waals surface area (Å²) in [6.07, 6.45) is 2.59. The second-order valence-corrected chi connectivity index (χ2v) is 9.91. The molecule has 33 heavy (non-hydrogen) atoms. The maximum Gasteiger partial charge on any atom is 0.131 e. The van der Waals surface area contributed by atoms with Crippen LogP contribution in [0.5, 0.6) is 11.5 Å². The second kappa shape index (κ2) is 9.80. The molecule has 0 aromatic heterocycles. The summed E-state index contributed by atoms with van der Waals surface area (Å²) in [5, 5.41) is 12.3. The smallest absolute Gasteiger partial charge is 0.131 e. The Morgan fingerprint density at radius 3 is 2.42 bits per heavy atom. The van der Waals surface area contributed by atoms with Crippen molar-refractivity contribution in [2.45, 2.75) is 29.4 Å². The maximum absolute atomic E-state index is 12.4. The van der Waals surface area contributed by atoms with Gasteiger partial charge in [0.05, 0.1) is 12.4 Å². The predicted molar refractivity (Wildman–Crippen MR) is 134 cm³/mol. The van der Waals surface area contributed by atoms with Crippen LogP contribution in [-0.4, -0.2) is 43.4 Å². The Balaban J connectivity index is 1.44. The molecular formula is C28H31NO3S. The van der Waals surface area contributed by atoms with E-state index in [1.165, 1.54) is 25.9 Å². The molecule has 0 saturated carbocycles. The van der Waals surface area contributed by atoms with E-state index in [1.54, 1.807) is 18.9 Å². The van der Waals surface area contributed by atoms with E-state index in [1.807, 2.05) is 60.7 Å². The van der Waals surface area contributed by atoms with E-state index in [0.29, 0.717) is 6.61 Å². The highest BCUT2D eigenvalue weighted by atomic mass is 32.2. The third kappa shape index (κ3) is 4.50. The fraction of sp³-hybridized carbons (Fsp3) is 0.357. The van der Waals surface area contributed by atoms with Crippen LogP contribution in [0.3, 0.4) is 0 Å². The molecule has 2 aliphatic rings. The van der Waals surface area contributed by atoms with Crippen molar-refractivity contribution < 1.29 is 14.6 Å². The van der Waals surface area contributed by atoms with Gasteiger partial charge in [-0.25, -0.2) is 0 Å². The van der Waals surface area contributed by atoms with Gasteiger partial charge in [0, 0.05) is 12.3 Å². The Bertz CT molecular complexity index is 1070. The van der Waals surface area contributed by atoms with Gasteiger partial charge in [-0.1, -0.05) is 48.5 Å². The average molecular weight is 462 g/mol. The van der Waals surface area contributed by atoms with Gasteiger partial charge < -0.3 is 14.6 Å². The molecule has 0 spiro atoms. The van der Waals surface area contributed by atoms with Crippen LogP contribution in [0.2, 0.25) is 0 Å². The van der Waals surface area contributed by atoms with Crippen molar-refractivity contribution in [2.24, 2.45) is 0 Å². The second-order valence-electron chi connectivity index (χ2n) is 8.81. The van der Waals surface area contributed by atoms with Crippen LogP contribution in [0.1, 0.15) is 40.3 Å². The predicted octanol–water partition coefficient (Wildman–Crippen LogP) is 5.39. The zero-order valence-corrected chi connectivity index (χ0v) is 19.9. The molecule has 0 bridgehead atoms. The van der Waals surface area contributed by atoms with Crippen LogP contribution in [-0.2, 0) is 11.4 Å². The number of rotatable bonds is 7. The lowest BCUT2D eigenvalue weighted by Crippen LogP contribution is -2.37. The molecule has 2 unspecified atom stereocenters. The summed E-state index contributed by atoms with van der Waals surface area (Å²) < 4.78 is 11.5. The minimum atomic E-state index is -1.15. The minimum Gasteiger partial charge on any atom is -0.497 e. The summed E-state index contributed by atoms with van der Waals surface area (Å²) in [5.41, 5.74) is 2.90. The molecule has 3 aromatic carbocycles. The number of hydrogen-bond donors (Lipinski definition) is 1. The standard InChI is InChI=1S/C28H31NO3S/c1-31-25-13-14-26-22(19-25)20-33-27(21-7-3-2-4-8-21)28(26,30)23-9-11-24(12-10-23)32-18-17-29-15-5-6-16-29/h2-4,7-14,19,27,30H,5-6,15-18,20H2,1H3. The molecule has 5 rings (SSSR count). The Morgan fingerprint density at radius 1 is 0.970 bits per heavy atom. The van der Waals surface area contributed by atoms with E-state index in [-0.39, 0.29) is 5.25 Å². The van der Waals surface area contributed by atoms with Crippen LogP contribution in [0.15, 0.2) is 72.8 Å². The lowest BCUT2D eigenvalue weighted by Gasteiger charge is -2.42. The van der Waals surface area contributed by atoms with Crippen LogP contribution >= 0.6 is 11.8 Å². The number of nitrogens with zero attached hydrogens (tertiary/aromatic N) is 1. The van der Waals surface area contributed by atoms with Gasteiger partial charge in [-0.05, 0) is 72.5 Å². The Labute approximate surface area is 200 Å². The fourth-order valence-electron chi connectivity index (χ4n) is 5.00. The van der Waals surface area contributed by atoms with E-state index in [0.717, 1.165) is 46.1 Å². The van der Waals surface area contributed by atoms with E-state index in [2.05, 4.69) is 17.0 Å². The number of fused-ring (bicyclic) bond motifs is 1. The van der Waals surface area contributed by atoms with E-state index >= 15 is 0 Å². The van der Waals surface area contributed by atoms with E-state index in [4.69, 9.17) is 9.47 Å². The number of ether oxygens (including phenoxy) is 2. The number of aliphatic hydroxyl groups is 1. The van der Waals surface area contributed by atoms with Crippen molar-refractivity contribution in [2.75, 3.05) is 33.4 Å². The Morgan fingerprint density at radius 2 is 1.70 bits per heavy atom. The lowest BCUT2D eigenvalue weighted by atomic mass is 9.78. The highest BCUT2D eigenvalue weighted by Crippen LogP contribution is 2.54. The molecular weight excluding hydrogens is 430 g/mol. The van der Waals surface area contributed by atoms with Gasteiger partial charge >= 0.3 is 0 Å². The first kappa shape index (κ1) is 22.3. The first-order chi connectivity index (χ1) is 16.2. The van der Waals surface area contributed by atoms with Crippen molar-refractivity contribution in [1.82, 2.24) is 4.90 Å². The molecule has 2 heterocycles. The molecule has 5 heteroatoms. The average Bonchev–Trinajstić information content (AvgIpc) is 3.38. The van der Waals surface area contributed by atoms with Crippen LogP contribution in [0.25, 0.3) is 0 Å². The molecule has 2 atom stereocenters.